The van der Waals surface area contributed by atoms with Crippen LogP contribution in [0.2, 0.25) is 0 Å². The van der Waals surface area contributed by atoms with Gasteiger partial charge in [-0.05, 0) is 49.7 Å². The second-order valence-corrected chi connectivity index (χ2v) is 8.52. The lowest BCUT2D eigenvalue weighted by Gasteiger charge is -2.26. The van der Waals surface area contributed by atoms with Gasteiger partial charge in [-0.1, -0.05) is 18.2 Å². The summed E-state index contributed by atoms with van der Waals surface area (Å²) in [4.78, 5) is 22.2. The molecule has 150 valence electrons. The predicted octanol–water partition coefficient (Wildman–Crippen LogP) is 5.23. The zero-order chi connectivity index (χ0) is 20.7. The van der Waals surface area contributed by atoms with Gasteiger partial charge in [0.05, 0.1) is 22.9 Å². The number of nitrogens with zero attached hydrogens (tertiary/aromatic N) is 2. The molecule has 1 unspecified atom stereocenters. The summed E-state index contributed by atoms with van der Waals surface area (Å²) in [6, 6.07) is 15.5. The standard InChI is InChI=1S/C24H21N3O2S/c1-14-9-11-25-15(2)22(14)24-27-19-8-7-16(13-21(19)30-24)23(28)26-18-10-12-29-20-6-4-3-5-17(18)20/h3-9,11,13,18H,10,12H2,1-2H3,(H,26,28). The molecule has 3 heterocycles. The van der Waals surface area contributed by atoms with Crippen LogP contribution in [0.15, 0.2) is 54.7 Å². The quantitative estimate of drug-likeness (QED) is 0.498. The molecule has 1 N–H and O–H groups in total. The van der Waals surface area contributed by atoms with E-state index in [1.165, 1.54) is 0 Å². The Morgan fingerprint density at radius 1 is 1.17 bits per heavy atom. The fourth-order valence-electron chi connectivity index (χ4n) is 3.92. The van der Waals surface area contributed by atoms with E-state index in [1.54, 1.807) is 11.3 Å². The van der Waals surface area contributed by atoms with Crippen LogP contribution < -0.4 is 10.1 Å². The van der Waals surface area contributed by atoms with Crippen LogP contribution >= 0.6 is 11.3 Å². The molecule has 4 aromatic rings. The van der Waals surface area contributed by atoms with Crippen molar-refractivity contribution in [1.29, 1.82) is 0 Å². The van der Waals surface area contributed by atoms with Gasteiger partial charge in [0.15, 0.2) is 0 Å². The molecule has 5 rings (SSSR count). The average molecular weight is 416 g/mol. The van der Waals surface area contributed by atoms with E-state index in [0.717, 1.165) is 49.8 Å². The number of carbonyl (C=O) groups excluding carboxylic acids is 1. The zero-order valence-electron chi connectivity index (χ0n) is 16.8. The van der Waals surface area contributed by atoms with Gasteiger partial charge >= 0.3 is 0 Å². The van der Waals surface area contributed by atoms with Gasteiger partial charge in [0.2, 0.25) is 0 Å². The highest BCUT2D eigenvalue weighted by Gasteiger charge is 2.23. The number of rotatable bonds is 3. The fraction of sp³-hybridized carbons (Fsp3) is 0.208. The van der Waals surface area contributed by atoms with Crippen LogP contribution in [0.25, 0.3) is 20.8 Å². The Labute approximate surface area is 178 Å². The van der Waals surface area contributed by atoms with E-state index in [1.807, 2.05) is 61.7 Å². The van der Waals surface area contributed by atoms with Crippen LogP contribution in [0.4, 0.5) is 0 Å². The smallest absolute Gasteiger partial charge is 0.251 e. The van der Waals surface area contributed by atoms with Crippen LogP contribution in [0, 0.1) is 13.8 Å². The highest BCUT2D eigenvalue weighted by molar-refractivity contribution is 7.21. The normalized spacial score (nSPS) is 15.5. The minimum absolute atomic E-state index is 0.0455. The topological polar surface area (TPSA) is 64.1 Å². The maximum atomic E-state index is 13.0. The molecule has 0 saturated carbocycles. The van der Waals surface area contributed by atoms with Crippen molar-refractivity contribution in [2.45, 2.75) is 26.3 Å². The molecule has 0 aliphatic carbocycles. The number of benzene rings is 2. The summed E-state index contributed by atoms with van der Waals surface area (Å²) in [5, 5.41) is 4.10. The van der Waals surface area contributed by atoms with Crippen molar-refractivity contribution in [3.63, 3.8) is 0 Å². The summed E-state index contributed by atoms with van der Waals surface area (Å²) < 4.78 is 6.69. The van der Waals surface area contributed by atoms with Crippen LogP contribution in [-0.4, -0.2) is 22.5 Å². The Morgan fingerprint density at radius 2 is 2.03 bits per heavy atom. The predicted molar refractivity (Wildman–Crippen MR) is 119 cm³/mol. The number of aromatic nitrogens is 2. The summed E-state index contributed by atoms with van der Waals surface area (Å²) in [6.45, 7) is 4.67. The second kappa shape index (κ2) is 7.54. The van der Waals surface area contributed by atoms with E-state index >= 15 is 0 Å². The molecule has 1 amide bonds. The molecule has 5 nitrogen and oxygen atoms in total. The molecule has 2 aromatic carbocycles. The minimum Gasteiger partial charge on any atom is -0.493 e. The number of nitrogens with one attached hydrogen (secondary N) is 1. The maximum absolute atomic E-state index is 13.0. The third kappa shape index (κ3) is 3.33. The molecular formula is C24H21N3O2S. The third-order valence-corrected chi connectivity index (χ3v) is 6.51. The molecule has 0 radical (unpaired) electrons. The molecule has 6 heteroatoms. The van der Waals surface area contributed by atoms with Gasteiger partial charge in [0.25, 0.3) is 5.91 Å². The summed E-state index contributed by atoms with van der Waals surface area (Å²) in [6.07, 6.45) is 2.58. The SMILES string of the molecule is Cc1ccnc(C)c1-c1nc2ccc(C(=O)NC3CCOc4ccccc43)cc2s1. The molecule has 0 fully saturated rings. The Bertz CT molecular complexity index is 1240. The first-order chi connectivity index (χ1) is 14.6. The van der Waals surface area contributed by atoms with Gasteiger partial charge in [-0.3, -0.25) is 9.78 Å². The molecule has 0 bridgehead atoms. The Hall–Kier alpha value is -3.25. The number of pyridine rings is 1. The highest BCUT2D eigenvalue weighted by Crippen LogP contribution is 2.35. The monoisotopic (exact) mass is 415 g/mol. The number of amides is 1. The van der Waals surface area contributed by atoms with E-state index in [4.69, 9.17) is 9.72 Å². The van der Waals surface area contributed by atoms with E-state index in [2.05, 4.69) is 17.2 Å². The van der Waals surface area contributed by atoms with E-state index in [-0.39, 0.29) is 11.9 Å². The average Bonchev–Trinajstić information content (AvgIpc) is 3.16. The number of fused-ring (bicyclic) bond motifs is 2. The summed E-state index contributed by atoms with van der Waals surface area (Å²) in [7, 11) is 0. The number of thiazole rings is 1. The lowest BCUT2D eigenvalue weighted by atomic mass is 10.00. The van der Waals surface area contributed by atoms with Gasteiger partial charge in [-0.2, -0.15) is 0 Å². The fourth-order valence-corrected chi connectivity index (χ4v) is 5.09. The number of ether oxygens (including phenoxy) is 1. The van der Waals surface area contributed by atoms with Crippen LogP contribution in [0.5, 0.6) is 5.75 Å². The number of hydrogen-bond donors (Lipinski definition) is 1. The van der Waals surface area contributed by atoms with Gasteiger partial charge < -0.3 is 10.1 Å². The highest BCUT2D eigenvalue weighted by atomic mass is 32.1. The Balaban J connectivity index is 1.44. The van der Waals surface area contributed by atoms with Crippen molar-refractivity contribution in [3.05, 3.63) is 77.1 Å². The molecular weight excluding hydrogens is 394 g/mol. The van der Waals surface area contributed by atoms with Crippen molar-refractivity contribution in [2.24, 2.45) is 0 Å². The molecule has 0 saturated heterocycles. The van der Waals surface area contributed by atoms with Gasteiger partial charge in [-0.15, -0.1) is 11.3 Å². The van der Waals surface area contributed by atoms with Crippen molar-refractivity contribution in [1.82, 2.24) is 15.3 Å². The lowest BCUT2D eigenvalue weighted by molar-refractivity contribution is 0.0925. The summed E-state index contributed by atoms with van der Waals surface area (Å²) in [5.74, 6) is 0.765. The first-order valence-electron chi connectivity index (χ1n) is 9.96. The number of para-hydroxylation sites is 1. The van der Waals surface area contributed by atoms with Crippen LogP contribution in [0.3, 0.4) is 0 Å². The first kappa shape index (κ1) is 18.8. The van der Waals surface area contributed by atoms with Crippen LogP contribution in [0.1, 0.15) is 39.6 Å². The van der Waals surface area contributed by atoms with Crippen molar-refractivity contribution < 1.29 is 9.53 Å². The Morgan fingerprint density at radius 3 is 2.90 bits per heavy atom. The van der Waals surface area contributed by atoms with Crippen molar-refractivity contribution in [2.75, 3.05) is 6.61 Å². The lowest BCUT2D eigenvalue weighted by Crippen LogP contribution is -2.32. The first-order valence-corrected chi connectivity index (χ1v) is 10.8. The van der Waals surface area contributed by atoms with Crippen molar-refractivity contribution in [3.8, 4) is 16.3 Å². The molecule has 1 atom stereocenters. The number of carbonyl (C=O) groups is 1. The van der Waals surface area contributed by atoms with E-state index in [9.17, 15) is 4.79 Å². The molecule has 1 aliphatic heterocycles. The largest absolute Gasteiger partial charge is 0.493 e. The summed E-state index contributed by atoms with van der Waals surface area (Å²) >= 11 is 1.59. The molecule has 1 aliphatic rings. The van der Waals surface area contributed by atoms with E-state index in [0.29, 0.717) is 12.2 Å². The van der Waals surface area contributed by atoms with Gasteiger partial charge in [0.1, 0.15) is 10.8 Å². The van der Waals surface area contributed by atoms with Gasteiger partial charge in [-0.25, -0.2) is 4.98 Å². The maximum Gasteiger partial charge on any atom is 0.251 e. The molecule has 2 aromatic heterocycles. The van der Waals surface area contributed by atoms with Gasteiger partial charge in [0, 0.05) is 35.0 Å². The minimum atomic E-state index is -0.0812. The summed E-state index contributed by atoms with van der Waals surface area (Å²) in [5.41, 5.74) is 5.75. The van der Waals surface area contributed by atoms with Crippen molar-refractivity contribution >= 4 is 27.5 Å². The number of aryl methyl sites for hydroxylation is 2. The zero-order valence-corrected chi connectivity index (χ0v) is 17.6. The van der Waals surface area contributed by atoms with Crippen LogP contribution in [-0.2, 0) is 0 Å². The third-order valence-electron chi connectivity index (χ3n) is 5.48. The molecule has 30 heavy (non-hydrogen) atoms. The van der Waals surface area contributed by atoms with E-state index < -0.39 is 0 Å². The number of hydrogen-bond acceptors (Lipinski definition) is 5. The molecule has 0 spiro atoms. The second-order valence-electron chi connectivity index (χ2n) is 7.49. The Kier molecular flexibility index (Phi) is 4.71.